The van der Waals surface area contributed by atoms with E-state index < -0.39 is 0 Å². The molecular weight excluding hydrogens is 168 g/mol. The quantitative estimate of drug-likeness (QED) is 0.419. The Hall–Kier alpha value is -0.930. The van der Waals surface area contributed by atoms with E-state index in [2.05, 4.69) is 17.6 Å². The van der Waals surface area contributed by atoms with Crippen LogP contribution in [0.3, 0.4) is 0 Å². The number of nitrogens with one attached hydrogen (secondary N) is 1. The van der Waals surface area contributed by atoms with E-state index in [1.807, 2.05) is 18.2 Å². The van der Waals surface area contributed by atoms with Crippen molar-refractivity contribution in [1.29, 1.82) is 0 Å². The van der Waals surface area contributed by atoms with E-state index in [0.29, 0.717) is 4.99 Å². The SMILES string of the molecule is NNC(=S)CCc1ccccc1. The molecular formula is C9H12N2S. The second-order valence-electron chi connectivity index (χ2n) is 2.55. The Morgan fingerprint density at radius 2 is 2.00 bits per heavy atom. The maximum Gasteiger partial charge on any atom is 0.0896 e. The molecule has 0 heterocycles. The fourth-order valence-electron chi connectivity index (χ4n) is 0.975. The van der Waals surface area contributed by atoms with Gasteiger partial charge in [0, 0.05) is 6.42 Å². The monoisotopic (exact) mass is 180 g/mol. The topological polar surface area (TPSA) is 38.0 Å². The molecule has 3 heteroatoms. The maximum atomic E-state index is 5.14. The molecule has 64 valence electrons. The van der Waals surface area contributed by atoms with Gasteiger partial charge in [-0.2, -0.15) is 0 Å². The second-order valence-corrected chi connectivity index (χ2v) is 3.05. The van der Waals surface area contributed by atoms with Crippen LogP contribution in [-0.2, 0) is 6.42 Å². The Balaban J connectivity index is 2.38. The van der Waals surface area contributed by atoms with E-state index in [9.17, 15) is 0 Å². The molecule has 0 fully saturated rings. The second kappa shape index (κ2) is 4.85. The molecule has 0 aliphatic rings. The smallest absolute Gasteiger partial charge is 0.0896 e. The van der Waals surface area contributed by atoms with Gasteiger partial charge in [0.1, 0.15) is 0 Å². The molecule has 0 amide bonds. The third kappa shape index (κ3) is 2.98. The number of thiocarbonyl (C=S) groups is 1. The standard InChI is InChI=1S/C9H12N2S/c10-11-9(12)7-6-8-4-2-1-3-5-8/h1-5H,6-7,10H2,(H,11,12). The predicted molar refractivity (Wildman–Crippen MR) is 54.7 cm³/mol. The highest BCUT2D eigenvalue weighted by molar-refractivity contribution is 7.80. The summed E-state index contributed by atoms with van der Waals surface area (Å²) in [6.45, 7) is 0. The molecule has 1 rings (SSSR count). The number of hydrogen-bond acceptors (Lipinski definition) is 2. The summed E-state index contributed by atoms with van der Waals surface area (Å²) in [6.07, 6.45) is 1.76. The third-order valence-electron chi connectivity index (χ3n) is 1.64. The Morgan fingerprint density at radius 1 is 1.33 bits per heavy atom. The molecule has 0 aliphatic carbocycles. The van der Waals surface area contributed by atoms with Crippen LogP contribution >= 0.6 is 12.2 Å². The van der Waals surface area contributed by atoms with Gasteiger partial charge in [0.25, 0.3) is 0 Å². The fraction of sp³-hybridized carbons (Fsp3) is 0.222. The average molecular weight is 180 g/mol. The van der Waals surface area contributed by atoms with Crippen LogP contribution < -0.4 is 11.3 Å². The van der Waals surface area contributed by atoms with Gasteiger partial charge in [0.2, 0.25) is 0 Å². The summed E-state index contributed by atoms with van der Waals surface area (Å²) in [7, 11) is 0. The van der Waals surface area contributed by atoms with Crippen molar-refractivity contribution in [3.63, 3.8) is 0 Å². The van der Waals surface area contributed by atoms with Gasteiger partial charge >= 0.3 is 0 Å². The molecule has 0 saturated carbocycles. The lowest BCUT2D eigenvalue weighted by atomic mass is 10.1. The van der Waals surface area contributed by atoms with E-state index in [-0.39, 0.29) is 0 Å². The average Bonchev–Trinajstić information content (AvgIpc) is 2.16. The van der Waals surface area contributed by atoms with Gasteiger partial charge in [0.05, 0.1) is 4.99 Å². The fourth-order valence-corrected chi connectivity index (χ4v) is 1.08. The largest absolute Gasteiger partial charge is 0.318 e. The van der Waals surface area contributed by atoms with Crippen molar-refractivity contribution in [2.45, 2.75) is 12.8 Å². The third-order valence-corrected chi connectivity index (χ3v) is 1.97. The molecule has 0 saturated heterocycles. The lowest BCUT2D eigenvalue weighted by Gasteiger charge is -2.01. The molecule has 1 aromatic rings. The highest BCUT2D eigenvalue weighted by Crippen LogP contribution is 2.02. The van der Waals surface area contributed by atoms with Crippen LogP contribution in [-0.4, -0.2) is 4.99 Å². The summed E-state index contributed by atoms with van der Waals surface area (Å²) >= 11 is 4.92. The van der Waals surface area contributed by atoms with Crippen LogP contribution in [0.4, 0.5) is 0 Å². The molecule has 0 unspecified atom stereocenters. The molecule has 0 radical (unpaired) electrons. The van der Waals surface area contributed by atoms with Crippen molar-refractivity contribution in [3.05, 3.63) is 35.9 Å². The van der Waals surface area contributed by atoms with Crippen molar-refractivity contribution in [1.82, 2.24) is 5.43 Å². The zero-order valence-corrected chi connectivity index (χ0v) is 7.60. The molecule has 2 nitrogen and oxygen atoms in total. The maximum absolute atomic E-state index is 5.14. The minimum atomic E-state index is 0.707. The van der Waals surface area contributed by atoms with Gasteiger partial charge in [-0.15, -0.1) is 0 Å². The highest BCUT2D eigenvalue weighted by Gasteiger charge is 1.94. The number of hydrazine groups is 1. The minimum absolute atomic E-state index is 0.707. The molecule has 0 aliphatic heterocycles. The van der Waals surface area contributed by atoms with Gasteiger partial charge in [-0.3, -0.25) is 5.84 Å². The summed E-state index contributed by atoms with van der Waals surface area (Å²) in [5.74, 6) is 5.14. The van der Waals surface area contributed by atoms with Gasteiger partial charge in [-0.1, -0.05) is 42.5 Å². The zero-order chi connectivity index (χ0) is 8.81. The van der Waals surface area contributed by atoms with Crippen molar-refractivity contribution >= 4 is 17.2 Å². The lowest BCUT2D eigenvalue weighted by Crippen LogP contribution is -2.28. The first-order valence-electron chi connectivity index (χ1n) is 3.86. The number of benzene rings is 1. The van der Waals surface area contributed by atoms with Crippen LogP contribution in [0.5, 0.6) is 0 Å². The molecule has 3 N–H and O–H groups in total. The van der Waals surface area contributed by atoms with Crippen LogP contribution in [0, 0.1) is 0 Å². The Kier molecular flexibility index (Phi) is 3.70. The molecule has 1 aromatic carbocycles. The molecule has 0 bridgehead atoms. The summed E-state index contributed by atoms with van der Waals surface area (Å²) in [6, 6.07) is 10.2. The Morgan fingerprint density at radius 3 is 2.58 bits per heavy atom. The molecule has 0 aromatic heterocycles. The van der Waals surface area contributed by atoms with Crippen LogP contribution in [0.15, 0.2) is 30.3 Å². The molecule has 0 atom stereocenters. The normalized spacial score (nSPS) is 9.42. The summed E-state index contributed by atoms with van der Waals surface area (Å²) in [5, 5.41) is 0. The van der Waals surface area contributed by atoms with E-state index in [1.165, 1.54) is 5.56 Å². The van der Waals surface area contributed by atoms with Crippen molar-refractivity contribution in [3.8, 4) is 0 Å². The van der Waals surface area contributed by atoms with Crippen molar-refractivity contribution in [2.75, 3.05) is 0 Å². The van der Waals surface area contributed by atoms with Crippen LogP contribution in [0.2, 0.25) is 0 Å². The van der Waals surface area contributed by atoms with Crippen LogP contribution in [0.1, 0.15) is 12.0 Å². The first-order chi connectivity index (χ1) is 5.83. The van der Waals surface area contributed by atoms with E-state index >= 15 is 0 Å². The Labute approximate surface area is 77.7 Å². The highest BCUT2D eigenvalue weighted by atomic mass is 32.1. The van der Waals surface area contributed by atoms with Crippen molar-refractivity contribution < 1.29 is 0 Å². The first-order valence-corrected chi connectivity index (χ1v) is 4.27. The summed E-state index contributed by atoms with van der Waals surface area (Å²) < 4.78 is 0. The van der Waals surface area contributed by atoms with E-state index in [4.69, 9.17) is 18.1 Å². The van der Waals surface area contributed by atoms with Crippen molar-refractivity contribution in [2.24, 2.45) is 5.84 Å². The molecule has 0 spiro atoms. The van der Waals surface area contributed by atoms with Gasteiger partial charge in [-0.05, 0) is 12.0 Å². The van der Waals surface area contributed by atoms with Gasteiger partial charge in [0.15, 0.2) is 0 Å². The van der Waals surface area contributed by atoms with Gasteiger partial charge in [-0.25, -0.2) is 0 Å². The lowest BCUT2D eigenvalue weighted by molar-refractivity contribution is 0.953. The number of rotatable bonds is 3. The zero-order valence-electron chi connectivity index (χ0n) is 6.79. The number of hydrogen-bond donors (Lipinski definition) is 2. The number of aryl methyl sites for hydroxylation is 1. The predicted octanol–water partition coefficient (Wildman–Crippen LogP) is 1.41. The summed E-state index contributed by atoms with van der Waals surface area (Å²) in [4.78, 5) is 0.707. The molecule has 12 heavy (non-hydrogen) atoms. The van der Waals surface area contributed by atoms with Crippen LogP contribution in [0.25, 0.3) is 0 Å². The van der Waals surface area contributed by atoms with E-state index in [0.717, 1.165) is 12.8 Å². The Bertz CT molecular complexity index is 246. The number of nitrogens with two attached hydrogens (primary N) is 1. The minimum Gasteiger partial charge on any atom is -0.318 e. The van der Waals surface area contributed by atoms with Gasteiger partial charge < -0.3 is 5.43 Å². The first kappa shape index (κ1) is 9.16. The van der Waals surface area contributed by atoms with E-state index in [1.54, 1.807) is 0 Å². The summed E-state index contributed by atoms with van der Waals surface area (Å²) in [5.41, 5.74) is 3.75.